The molecule has 0 aromatic rings. The Labute approximate surface area is 205 Å². The molecule has 5 heteroatoms. The second kappa shape index (κ2) is 24.0. The normalized spacial score (nSPS) is 13.0. The lowest BCUT2D eigenvalue weighted by atomic mass is 10.1. The molecule has 0 aromatic heterocycles. The molecule has 0 unspecified atom stereocenters. The lowest BCUT2D eigenvalue weighted by molar-refractivity contribution is -0.131. The third kappa shape index (κ3) is 21.2. The molecule has 0 heterocycles. The number of nitrogens with one attached hydrogen (secondary N) is 2. The Hall–Kier alpha value is -1.10. The third-order valence-corrected chi connectivity index (χ3v) is 6.42. The first kappa shape index (κ1) is 31.9. The largest absolute Gasteiger partial charge is 0.391 e. The van der Waals surface area contributed by atoms with E-state index < -0.39 is 12.1 Å². The van der Waals surface area contributed by atoms with Gasteiger partial charge in [-0.3, -0.25) is 9.59 Å². The van der Waals surface area contributed by atoms with Crippen LogP contribution in [-0.4, -0.2) is 35.6 Å². The quantitative estimate of drug-likeness (QED) is 0.136. The van der Waals surface area contributed by atoms with Gasteiger partial charge in [-0.1, -0.05) is 123 Å². The van der Waals surface area contributed by atoms with Crippen molar-refractivity contribution in [1.82, 2.24) is 10.6 Å². The van der Waals surface area contributed by atoms with Crippen LogP contribution in [0, 0.1) is 0 Å². The van der Waals surface area contributed by atoms with E-state index in [1.165, 1.54) is 96.3 Å². The molecule has 0 saturated heterocycles. The van der Waals surface area contributed by atoms with E-state index in [4.69, 9.17) is 0 Å². The van der Waals surface area contributed by atoms with E-state index in [1.54, 1.807) is 6.92 Å². The Morgan fingerprint density at radius 3 is 1.45 bits per heavy atom. The molecule has 0 aliphatic carbocycles. The maximum atomic E-state index is 12.4. The molecule has 0 rings (SSSR count). The summed E-state index contributed by atoms with van der Waals surface area (Å²) in [5, 5.41) is 15.6. The third-order valence-electron chi connectivity index (χ3n) is 6.42. The average molecular weight is 469 g/mol. The zero-order chi connectivity index (χ0) is 24.6. The molecule has 0 saturated carbocycles. The second-order valence-electron chi connectivity index (χ2n) is 9.84. The highest BCUT2D eigenvalue weighted by atomic mass is 16.3. The molecule has 0 aliphatic heterocycles. The van der Waals surface area contributed by atoms with Crippen LogP contribution in [0.3, 0.4) is 0 Å². The summed E-state index contributed by atoms with van der Waals surface area (Å²) in [6, 6.07) is -0.862. The van der Waals surface area contributed by atoms with E-state index >= 15 is 0 Å². The molecule has 5 nitrogen and oxygen atoms in total. The van der Waals surface area contributed by atoms with Crippen LogP contribution < -0.4 is 10.6 Å². The van der Waals surface area contributed by atoms with E-state index in [0.717, 1.165) is 25.7 Å². The SMILES string of the molecule is CCCCCCCCCCCCNC(=O)[C@H](NC(=O)CCCCCCCCCCC)[C@@H](C)O. The van der Waals surface area contributed by atoms with Crippen molar-refractivity contribution < 1.29 is 14.7 Å². The zero-order valence-electron chi connectivity index (χ0n) is 22.3. The van der Waals surface area contributed by atoms with Gasteiger partial charge in [0.25, 0.3) is 0 Å². The highest BCUT2D eigenvalue weighted by Gasteiger charge is 2.24. The van der Waals surface area contributed by atoms with Crippen molar-refractivity contribution in [2.45, 2.75) is 161 Å². The number of unbranched alkanes of at least 4 members (excludes halogenated alkanes) is 17. The number of aliphatic hydroxyl groups is 1. The zero-order valence-corrected chi connectivity index (χ0v) is 22.3. The fourth-order valence-electron chi connectivity index (χ4n) is 4.18. The van der Waals surface area contributed by atoms with Gasteiger partial charge in [-0.15, -0.1) is 0 Å². The van der Waals surface area contributed by atoms with Gasteiger partial charge in [0.2, 0.25) is 11.8 Å². The molecule has 0 radical (unpaired) electrons. The number of amides is 2. The molecule has 2 atom stereocenters. The molecule has 196 valence electrons. The van der Waals surface area contributed by atoms with Gasteiger partial charge in [-0.2, -0.15) is 0 Å². The first-order chi connectivity index (χ1) is 16.0. The summed E-state index contributed by atoms with van der Waals surface area (Å²) in [7, 11) is 0. The molecule has 3 N–H and O–H groups in total. The van der Waals surface area contributed by atoms with E-state index in [2.05, 4.69) is 24.5 Å². The van der Waals surface area contributed by atoms with Gasteiger partial charge in [0.1, 0.15) is 6.04 Å². The molecule has 0 bridgehead atoms. The van der Waals surface area contributed by atoms with Crippen LogP contribution in [0.15, 0.2) is 0 Å². The van der Waals surface area contributed by atoms with Crippen molar-refractivity contribution >= 4 is 11.8 Å². The topological polar surface area (TPSA) is 78.4 Å². The molecule has 0 fully saturated rings. The van der Waals surface area contributed by atoms with Crippen molar-refractivity contribution in [3.63, 3.8) is 0 Å². The van der Waals surface area contributed by atoms with Crippen LogP contribution >= 0.6 is 0 Å². The summed E-state index contributed by atoms with van der Waals surface area (Å²) in [5.74, 6) is -0.417. The standard InChI is InChI=1S/C28H56N2O3/c1-4-6-8-10-12-14-16-18-20-22-24-29-28(33)27(25(3)31)30-26(32)23-21-19-17-15-13-11-9-7-5-2/h25,27,31H,4-24H2,1-3H3,(H,29,33)(H,30,32)/t25-,27-/m1/s1. The van der Waals surface area contributed by atoms with Crippen molar-refractivity contribution in [2.75, 3.05) is 6.54 Å². The Balaban J connectivity index is 3.78. The first-order valence-corrected chi connectivity index (χ1v) is 14.3. The van der Waals surface area contributed by atoms with E-state index in [0.29, 0.717) is 13.0 Å². The molecular formula is C28H56N2O3. The van der Waals surface area contributed by atoms with Crippen LogP contribution in [0.1, 0.15) is 149 Å². The van der Waals surface area contributed by atoms with Crippen LogP contribution in [0.4, 0.5) is 0 Å². The summed E-state index contributed by atoms with van der Waals surface area (Å²) < 4.78 is 0. The van der Waals surface area contributed by atoms with Gasteiger partial charge in [0.05, 0.1) is 6.10 Å². The van der Waals surface area contributed by atoms with Crippen molar-refractivity contribution in [2.24, 2.45) is 0 Å². The van der Waals surface area contributed by atoms with Crippen molar-refractivity contribution in [3.05, 3.63) is 0 Å². The highest BCUT2D eigenvalue weighted by Crippen LogP contribution is 2.11. The Bertz CT molecular complexity index is 454. The predicted molar refractivity (Wildman–Crippen MR) is 140 cm³/mol. The van der Waals surface area contributed by atoms with E-state index in [9.17, 15) is 14.7 Å². The maximum absolute atomic E-state index is 12.4. The highest BCUT2D eigenvalue weighted by molar-refractivity contribution is 5.88. The van der Waals surface area contributed by atoms with Gasteiger partial charge in [0.15, 0.2) is 0 Å². The molecular weight excluding hydrogens is 412 g/mol. The van der Waals surface area contributed by atoms with Crippen molar-refractivity contribution in [3.8, 4) is 0 Å². The monoisotopic (exact) mass is 468 g/mol. The second-order valence-corrected chi connectivity index (χ2v) is 9.84. The lowest BCUT2D eigenvalue weighted by Gasteiger charge is -2.21. The number of aliphatic hydroxyl groups excluding tert-OH is 1. The fraction of sp³-hybridized carbons (Fsp3) is 0.929. The number of rotatable bonds is 24. The number of hydrogen-bond acceptors (Lipinski definition) is 3. The lowest BCUT2D eigenvalue weighted by Crippen LogP contribution is -2.52. The van der Waals surface area contributed by atoms with Gasteiger partial charge in [-0.05, 0) is 19.8 Å². The molecule has 33 heavy (non-hydrogen) atoms. The molecule has 0 aromatic carbocycles. The van der Waals surface area contributed by atoms with Crippen LogP contribution in [0.5, 0.6) is 0 Å². The minimum absolute atomic E-state index is 0.141. The first-order valence-electron chi connectivity index (χ1n) is 14.3. The minimum atomic E-state index is -0.898. The molecule has 0 aliphatic rings. The number of carbonyl (C=O) groups excluding carboxylic acids is 2. The van der Waals surface area contributed by atoms with Crippen LogP contribution in [0.2, 0.25) is 0 Å². The summed E-state index contributed by atoms with van der Waals surface area (Å²) in [6.45, 7) is 6.64. The Morgan fingerprint density at radius 2 is 1.03 bits per heavy atom. The average Bonchev–Trinajstić information content (AvgIpc) is 2.79. The number of carbonyl (C=O) groups is 2. The smallest absolute Gasteiger partial charge is 0.245 e. The van der Waals surface area contributed by atoms with Gasteiger partial charge < -0.3 is 15.7 Å². The summed E-state index contributed by atoms with van der Waals surface area (Å²) in [4.78, 5) is 24.6. The predicted octanol–water partition coefficient (Wildman–Crippen LogP) is 6.81. The molecule has 0 spiro atoms. The minimum Gasteiger partial charge on any atom is -0.391 e. The van der Waals surface area contributed by atoms with Gasteiger partial charge in [-0.25, -0.2) is 0 Å². The van der Waals surface area contributed by atoms with Crippen molar-refractivity contribution in [1.29, 1.82) is 0 Å². The van der Waals surface area contributed by atoms with Gasteiger partial charge >= 0.3 is 0 Å². The number of hydrogen-bond donors (Lipinski definition) is 3. The van der Waals surface area contributed by atoms with E-state index in [1.807, 2.05) is 0 Å². The Morgan fingerprint density at radius 1 is 0.636 bits per heavy atom. The summed E-state index contributed by atoms with van der Waals surface area (Å²) in [6.07, 6.45) is 22.9. The Kier molecular flexibility index (Phi) is 23.2. The van der Waals surface area contributed by atoms with E-state index in [-0.39, 0.29) is 11.8 Å². The van der Waals surface area contributed by atoms with Gasteiger partial charge in [0, 0.05) is 13.0 Å². The summed E-state index contributed by atoms with van der Waals surface area (Å²) >= 11 is 0. The van der Waals surface area contributed by atoms with Crippen LogP contribution in [0.25, 0.3) is 0 Å². The fourth-order valence-corrected chi connectivity index (χ4v) is 4.18. The van der Waals surface area contributed by atoms with Crippen LogP contribution in [-0.2, 0) is 9.59 Å². The molecule has 2 amide bonds. The summed E-state index contributed by atoms with van der Waals surface area (Å²) in [5.41, 5.74) is 0. The maximum Gasteiger partial charge on any atom is 0.245 e.